The third-order valence-electron chi connectivity index (χ3n) is 7.40. The van der Waals surface area contributed by atoms with Crippen LogP contribution in [0.3, 0.4) is 0 Å². The molecule has 0 aromatic carbocycles. The molecule has 0 aromatic heterocycles. The van der Waals surface area contributed by atoms with Gasteiger partial charge in [0.1, 0.15) is 0 Å². The van der Waals surface area contributed by atoms with Crippen LogP contribution in [0.15, 0.2) is 0 Å². The van der Waals surface area contributed by atoms with E-state index >= 15 is 0 Å². The van der Waals surface area contributed by atoms with E-state index in [1.54, 1.807) is 0 Å². The van der Waals surface area contributed by atoms with Gasteiger partial charge >= 0.3 is 11.9 Å². The van der Waals surface area contributed by atoms with Gasteiger partial charge in [0.25, 0.3) is 0 Å². The molecule has 0 atom stereocenters. The molecule has 0 radical (unpaired) electrons. The van der Waals surface area contributed by atoms with Gasteiger partial charge in [-0.25, -0.2) is 0 Å². The molecule has 5 nitrogen and oxygen atoms in total. The van der Waals surface area contributed by atoms with Crippen molar-refractivity contribution in [2.24, 2.45) is 11.5 Å². The number of ether oxygens (including phenoxy) is 1. The quantitative estimate of drug-likeness (QED) is 0.0555. The number of hydrogen-bond acceptors (Lipinski definition) is 5. The van der Waals surface area contributed by atoms with Crippen LogP contribution in [0.4, 0.5) is 0 Å². The Morgan fingerprint density at radius 3 is 0.730 bits per heavy atom. The molecule has 0 heterocycles. The summed E-state index contributed by atoms with van der Waals surface area (Å²) < 4.78 is 4.99. The summed E-state index contributed by atoms with van der Waals surface area (Å²) in [4.78, 5) is 23.7. The van der Waals surface area contributed by atoms with E-state index in [0.29, 0.717) is 12.8 Å². The van der Waals surface area contributed by atoms with Gasteiger partial charge in [-0.3, -0.25) is 9.59 Å². The number of hydrogen-bond donors (Lipinski definition) is 2. The molecule has 0 saturated heterocycles. The Morgan fingerprint density at radius 1 is 0.324 bits per heavy atom. The summed E-state index contributed by atoms with van der Waals surface area (Å²) in [6.45, 7) is 1.66. The third kappa shape index (κ3) is 31.2. The fraction of sp³-hybridized carbons (Fsp3) is 0.938. The summed E-state index contributed by atoms with van der Waals surface area (Å²) in [5, 5.41) is 0. The van der Waals surface area contributed by atoms with Crippen LogP contribution in [0, 0.1) is 0 Å². The Hall–Kier alpha value is -0.940. The molecular weight excluding hydrogens is 460 g/mol. The molecule has 0 aromatic rings. The van der Waals surface area contributed by atoms with Crippen molar-refractivity contribution in [2.45, 2.75) is 180 Å². The van der Waals surface area contributed by atoms with Crippen molar-refractivity contribution >= 4 is 11.9 Å². The first kappa shape index (κ1) is 36.1. The molecule has 4 N–H and O–H groups in total. The van der Waals surface area contributed by atoms with Crippen LogP contribution in [0.2, 0.25) is 0 Å². The first-order chi connectivity index (χ1) is 18.2. The van der Waals surface area contributed by atoms with Crippen molar-refractivity contribution in [3.05, 3.63) is 0 Å². The van der Waals surface area contributed by atoms with Crippen molar-refractivity contribution in [2.75, 3.05) is 13.1 Å². The average molecular weight is 525 g/mol. The van der Waals surface area contributed by atoms with Gasteiger partial charge in [0.05, 0.1) is 0 Å². The molecule has 0 saturated carbocycles. The van der Waals surface area contributed by atoms with Gasteiger partial charge in [-0.2, -0.15) is 0 Å². The summed E-state index contributed by atoms with van der Waals surface area (Å²) in [7, 11) is 0. The number of esters is 2. The maximum absolute atomic E-state index is 11.9. The van der Waals surface area contributed by atoms with E-state index in [0.717, 1.165) is 38.8 Å². The van der Waals surface area contributed by atoms with Gasteiger partial charge in [-0.1, -0.05) is 141 Å². The summed E-state index contributed by atoms with van der Waals surface area (Å²) >= 11 is 0. The van der Waals surface area contributed by atoms with Crippen LogP contribution in [-0.4, -0.2) is 25.0 Å². The van der Waals surface area contributed by atoms with Gasteiger partial charge in [0.15, 0.2) is 0 Å². The Morgan fingerprint density at radius 2 is 0.514 bits per heavy atom. The van der Waals surface area contributed by atoms with E-state index in [4.69, 9.17) is 16.2 Å². The lowest BCUT2D eigenvalue weighted by molar-refractivity contribution is -0.159. The highest BCUT2D eigenvalue weighted by Crippen LogP contribution is 2.15. The fourth-order valence-corrected chi connectivity index (χ4v) is 4.95. The minimum absolute atomic E-state index is 0.337. The van der Waals surface area contributed by atoms with E-state index in [-0.39, 0.29) is 11.9 Å². The van der Waals surface area contributed by atoms with E-state index in [9.17, 15) is 9.59 Å². The molecule has 0 bridgehead atoms. The normalized spacial score (nSPS) is 11.2. The number of nitrogens with two attached hydrogens (primary N) is 2. The van der Waals surface area contributed by atoms with Crippen LogP contribution in [0.25, 0.3) is 0 Å². The molecule has 5 heteroatoms. The van der Waals surface area contributed by atoms with Gasteiger partial charge < -0.3 is 16.2 Å². The van der Waals surface area contributed by atoms with Gasteiger partial charge in [-0.15, -0.1) is 0 Å². The summed E-state index contributed by atoms with van der Waals surface area (Å²) in [6, 6.07) is 0. The molecule has 0 fully saturated rings. The van der Waals surface area contributed by atoms with Crippen LogP contribution in [0.1, 0.15) is 180 Å². The van der Waals surface area contributed by atoms with Crippen LogP contribution in [-0.2, 0) is 14.3 Å². The monoisotopic (exact) mass is 524 g/mol. The van der Waals surface area contributed by atoms with Crippen LogP contribution < -0.4 is 11.5 Å². The summed E-state index contributed by atoms with van der Waals surface area (Å²) in [5.41, 5.74) is 11.0. The smallest absolute Gasteiger partial charge is 0.313 e. The molecule has 0 unspecified atom stereocenters. The molecule has 37 heavy (non-hydrogen) atoms. The molecule has 0 aliphatic heterocycles. The minimum Gasteiger partial charge on any atom is -0.393 e. The third-order valence-corrected chi connectivity index (χ3v) is 7.40. The number of carbonyl (C=O) groups excluding carboxylic acids is 2. The lowest BCUT2D eigenvalue weighted by Crippen LogP contribution is -2.11. The van der Waals surface area contributed by atoms with E-state index < -0.39 is 0 Å². The van der Waals surface area contributed by atoms with Gasteiger partial charge in [0.2, 0.25) is 0 Å². The first-order valence-electron chi connectivity index (χ1n) is 16.3. The number of unbranched alkanes of at least 4 members (excludes halogenated alkanes) is 24. The maximum Gasteiger partial charge on any atom is 0.313 e. The molecule has 220 valence electrons. The predicted molar refractivity (Wildman–Crippen MR) is 158 cm³/mol. The van der Waals surface area contributed by atoms with Crippen molar-refractivity contribution in [3.63, 3.8) is 0 Å². The zero-order valence-electron chi connectivity index (χ0n) is 24.6. The highest BCUT2D eigenvalue weighted by atomic mass is 16.6. The van der Waals surface area contributed by atoms with Gasteiger partial charge in [0, 0.05) is 12.8 Å². The van der Waals surface area contributed by atoms with Crippen molar-refractivity contribution in [1.29, 1.82) is 0 Å². The number of carbonyl (C=O) groups is 2. The van der Waals surface area contributed by atoms with Crippen LogP contribution in [0.5, 0.6) is 0 Å². The number of rotatable bonds is 30. The second-order valence-corrected chi connectivity index (χ2v) is 11.1. The van der Waals surface area contributed by atoms with E-state index in [1.165, 1.54) is 141 Å². The molecule has 0 amide bonds. The second-order valence-electron chi connectivity index (χ2n) is 11.1. The Balaban J connectivity index is 3.28. The van der Waals surface area contributed by atoms with Crippen molar-refractivity contribution < 1.29 is 14.3 Å². The van der Waals surface area contributed by atoms with E-state index in [1.807, 2.05) is 0 Å². The van der Waals surface area contributed by atoms with Crippen molar-refractivity contribution in [1.82, 2.24) is 0 Å². The molecule has 0 rings (SSSR count). The Kier molecular flexibility index (Phi) is 30.5. The topological polar surface area (TPSA) is 95.4 Å². The highest BCUT2D eigenvalue weighted by Gasteiger charge is 2.09. The summed E-state index contributed by atoms with van der Waals surface area (Å²) in [6.07, 6.45) is 33.1. The largest absolute Gasteiger partial charge is 0.393 e. The summed E-state index contributed by atoms with van der Waals surface area (Å²) in [5.74, 6) is -0.674. The van der Waals surface area contributed by atoms with Crippen LogP contribution >= 0.6 is 0 Å². The highest BCUT2D eigenvalue weighted by molar-refractivity contribution is 5.85. The molecular formula is C32H64N2O3. The standard InChI is InChI=1S/C32H64N2O3/c33-29-25-21-17-13-9-5-1-3-7-11-15-19-23-27-31(35)37-32(36)28-24-20-16-12-8-4-2-6-10-14-18-22-26-30-34/h1-30,33-34H2. The zero-order valence-corrected chi connectivity index (χ0v) is 24.6. The lowest BCUT2D eigenvalue weighted by atomic mass is 10.0. The Labute approximate surface area is 230 Å². The maximum atomic E-state index is 11.9. The SMILES string of the molecule is NCCCCCCCCCCCCCCCC(=O)OC(=O)CCCCCCCCCCCCCCCN. The predicted octanol–water partition coefficient (Wildman–Crippen LogP) is 8.90. The van der Waals surface area contributed by atoms with E-state index in [2.05, 4.69) is 0 Å². The average Bonchev–Trinajstić information content (AvgIpc) is 2.89. The lowest BCUT2D eigenvalue weighted by Gasteiger charge is -2.05. The second kappa shape index (κ2) is 31.3. The minimum atomic E-state index is -0.337. The van der Waals surface area contributed by atoms with Gasteiger partial charge in [-0.05, 0) is 38.8 Å². The first-order valence-corrected chi connectivity index (χ1v) is 16.3. The zero-order chi connectivity index (χ0) is 27.1. The van der Waals surface area contributed by atoms with Crippen molar-refractivity contribution in [3.8, 4) is 0 Å². The molecule has 0 aliphatic carbocycles. The molecule has 0 aliphatic rings. The molecule has 0 spiro atoms. The Bertz CT molecular complexity index is 443. The fourth-order valence-electron chi connectivity index (χ4n) is 4.95.